The molecule has 1 N–H and O–H groups in total. The Balaban J connectivity index is 1.62. The average molecular weight is 262 g/mol. The van der Waals surface area contributed by atoms with Crippen LogP contribution in [0, 0.1) is 11.3 Å². The van der Waals surface area contributed by atoms with Gasteiger partial charge >= 0.3 is 0 Å². The summed E-state index contributed by atoms with van der Waals surface area (Å²) < 4.78 is 5.35. The summed E-state index contributed by atoms with van der Waals surface area (Å²) in [7, 11) is 0. The summed E-state index contributed by atoms with van der Waals surface area (Å²) in [5.41, 5.74) is 0.318. The summed E-state index contributed by atoms with van der Waals surface area (Å²) in [6.45, 7) is 5.53. The second kappa shape index (κ2) is 5.00. The van der Waals surface area contributed by atoms with Crippen molar-refractivity contribution in [2.45, 2.75) is 32.7 Å². The van der Waals surface area contributed by atoms with E-state index in [2.05, 4.69) is 5.32 Å². The van der Waals surface area contributed by atoms with Crippen molar-refractivity contribution >= 4 is 5.91 Å². The lowest BCUT2D eigenvalue weighted by molar-refractivity contribution is -0.134. The second-order valence-electron chi connectivity index (χ2n) is 5.80. The monoisotopic (exact) mass is 262 g/mol. The third-order valence-electron chi connectivity index (χ3n) is 4.71. The van der Waals surface area contributed by atoms with Crippen molar-refractivity contribution < 1.29 is 9.21 Å². The molecule has 1 aliphatic heterocycles. The normalized spacial score (nSPS) is 24.4. The molecule has 0 bridgehead atoms. The lowest BCUT2D eigenvalue weighted by atomic mass is 9.91. The Labute approximate surface area is 114 Å². The molecule has 1 aromatic rings. The summed E-state index contributed by atoms with van der Waals surface area (Å²) in [4.78, 5) is 14.5. The highest BCUT2D eigenvalue weighted by molar-refractivity contribution is 5.82. The smallest absolute Gasteiger partial charge is 0.226 e. The molecule has 0 radical (unpaired) electrons. The fourth-order valence-electron chi connectivity index (χ4n) is 3.33. The minimum Gasteiger partial charge on any atom is -0.467 e. The highest BCUT2D eigenvalue weighted by Gasteiger charge is 2.58. The van der Waals surface area contributed by atoms with Crippen LogP contribution in [0.3, 0.4) is 0 Å². The number of furan rings is 1. The first-order chi connectivity index (χ1) is 9.25. The third kappa shape index (κ3) is 2.41. The van der Waals surface area contributed by atoms with E-state index in [-0.39, 0.29) is 5.92 Å². The SMILES string of the molecule is CCN(Cc1ccco1)C(=O)C1CC12CCNCC2. The van der Waals surface area contributed by atoms with Crippen LogP contribution < -0.4 is 5.32 Å². The van der Waals surface area contributed by atoms with E-state index in [9.17, 15) is 4.79 Å². The summed E-state index contributed by atoms with van der Waals surface area (Å²) in [6.07, 6.45) is 5.06. The van der Waals surface area contributed by atoms with Crippen molar-refractivity contribution in [3.05, 3.63) is 24.2 Å². The first kappa shape index (κ1) is 12.7. The molecule has 4 nitrogen and oxygen atoms in total. The molecular formula is C15H22N2O2. The van der Waals surface area contributed by atoms with Crippen LogP contribution in [0.1, 0.15) is 31.9 Å². The molecule has 104 valence electrons. The number of amides is 1. The van der Waals surface area contributed by atoms with Crippen molar-refractivity contribution in [2.75, 3.05) is 19.6 Å². The van der Waals surface area contributed by atoms with E-state index >= 15 is 0 Å². The van der Waals surface area contributed by atoms with Gasteiger partial charge in [-0.2, -0.15) is 0 Å². The Morgan fingerprint density at radius 2 is 2.32 bits per heavy atom. The van der Waals surface area contributed by atoms with Crippen molar-refractivity contribution in [1.82, 2.24) is 10.2 Å². The number of nitrogens with zero attached hydrogens (tertiary/aromatic N) is 1. The molecule has 2 fully saturated rings. The largest absolute Gasteiger partial charge is 0.467 e. The molecule has 0 aromatic carbocycles. The number of nitrogens with one attached hydrogen (secondary N) is 1. The second-order valence-corrected chi connectivity index (χ2v) is 5.80. The van der Waals surface area contributed by atoms with Gasteiger partial charge in [0.25, 0.3) is 0 Å². The maximum absolute atomic E-state index is 12.6. The summed E-state index contributed by atoms with van der Waals surface area (Å²) in [6, 6.07) is 3.81. The number of hydrogen-bond donors (Lipinski definition) is 1. The van der Waals surface area contributed by atoms with Crippen molar-refractivity contribution in [3.8, 4) is 0 Å². The Morgan fingerprint density at radius 1 is 1.53 bits per heavy atom. The molecule has 1 aliphatic carbocycles. The van der Waals surface area contributed by atoms with E-state index in [1.165, 1.54) is 0 Å². The molecule has 1 unspecified atom stereocenters. The number of rotatable bonds is 4. The van der Waals surface area contributed by atoms with Crippen LogP contribution in [-0.2, 0) is 11.3 Å². The average Bonchev–Trinajstić information content (AvgIpc) is 2.89. The highest BCUT2D eigenvalue weighted by atomic mass is 16.3. The Morgan fingerprint density at radius 3 is 2.95 bits per heavy atom. The standard InChI is InChI=1S/C15H22N2O2/c1-2-17(11-12-4-3-9-19-12)14(18)13-10-15(13)5-7-16-8-6-15/h3-4,9,13,16H,2,5-8,10-11H2,1H3. The highest BCUT2D eigenvalue weighted by Crippen LogP contribution is 2.59. The predicted octanol–water partition coefficient (Wildman–Crippen LogP) is 2.02. The van der Waals surface area contributed by atoms with Gasteiger partial charge in [-0.1, -0.05) is 0 Å². The van der Waals surface area contributed by atoms with Crippen LogP contribution in [0.5, 0.6) is 0 Å². The Hall–Kier alpha value is -1.29. The van der Waals surface area contributed by atoms with Crippen molar-refractivity contribution in [1.29, 1.82) is 0 Å². The lowest BCUT2D eigenvalue weighted by Gasteiger charge is -2.26. The molecule has 1 atom stereocenters. The maximum atomic E-state index is 12.6. The van der Waals surface area contributed by atoms with E-state index < -0.39 is 0 Å². The van der Waals surface area contributed by atoms with Gasteiger partial charge in [0.15, 0.2) is 0 Å². The molecular weight excluding hydrogens is 240 g/mol. The molecule has 2 heterocycles. The lowest BCUT2D eigenvalue weighted by Crippen LogP contribution is -2.36. The van der Waals surface area contributed by atoms with Gasteiger partial charge in [0.05, 0.1) is 12.8 Å². The molecule has 1 saturated carbocycles. The van der Waals surface area contributed by atoms with Crippen LogP contribution >= 0.6 is 0 Å². The van der Waals surface area contributed by atoms with Gasteiger partial charge in [-0.05, 0) is 56.8 Å². The van der Waals surface area contributed by atoms with Crippen LogP contribution in [0.4, 0.5) is 0 Å². The molecule has 4 heteroatoms. The van der Waals surface area contributed by atoms with E-state index in [0.717, 1.165) is 44.7 Å². The van der Waals surface area contributed by atoms with Gasteiger partial charge in [0.2, 0.25) is 5.91 Å². The topological polar surface area (TPSA) is 45.5 Å². The molecule has 2 aliphatic rings. The minimum absolute atomic E-state index is 0.254. The molecule has 1 aromatic heterocycles. The molecule has 19 heavy (non-hydrogen) atoms. The van der Waals surface area contributed by atoms with Gasteiger partial charge in [-0.15, -0.1) is 0 Å². The zero-order valence-corrected chi connectivity index (χ0v) is 11.5. The van der Waals surface area contributed by atoms with Gasteiger partial charge in [0, 0.05) is 12.5 Å². The molecule has 1 saturated heterocycles. The maximum Gasteiger partial charge on any atom is 0.226 e. The number of carbonyl (C=O) groups excluding carboxylic acids is 1. The number of piperidine rings is 1. The number of carbonyl (C=O) groups is 1. The zero-order valence-electron chi connectivity index (χ0n) is 11.5. The van der Waals surface area contributed by atoms with Crippen molar-refractivity contribution in [3.63, 3.8) is 0 Å². The predicted molar refractivity (Wildman–Crippen MR) is 72.4 cm³/mol. The van der Waals surface area contributed by atoms with E-state index in [0.29, 0.717) is 17.9 Å². The Bertz CT molecular complexity index is 435. The minimum atomic E-state index is 0.254. The summed E-state index contributed by atoms with van der Waals surface area (Å²) >= 11 is 0. The van der Waals surface area contributed by atoms with Gasteiger partial charge < -0.3 is 14.6 Å². The van der Waals surface area contributed by atoms with Gasteiger partial charge in [0.1, 0.15) is 5.76 Å². The van der Waals surface area contributed by atoms with Crippen LogP contribution in [0.15, 0.2) is 22.8 Å². The van der Waals surface area contributed by atoms with Gasteiger partial charge in [-0.25, -0.2) is 0 Å². The van der Waals surface area contributed by atoms with E-state index in [1.54, 1.807) is 6.26 Å². The fourth-order valence-corrected chi connectivity index (χ4v) is 3.33. The van der Waals surface area contributed by atoms with Crippen LogP contribution in [0.25, 0.3) is 0 Å². The quantitative estimate of drug-likeness (QED) is 0.903. The van der Waals surface area contributed by atoms with Crippen LogP contribution in [0.2, 0.25) is 0 Å². The summed E-state index contributed by atoms with van der Waals surface area (Å²) in [5, 5.41) is 3.38. The molecule has 1 spiro atoms. The van der Waals surface area contributed by atoms with Gasteiger partial charge in [-0.3, -0.25) is 4.79 Å². The van der Waals surface area contributed by atoms with Crippen molar-refractivity contribution in [2.24, 2.45) is 11.3 Å². The molecule has 1 amide bonds. The fraction of sp³-hybridized carbons (Fsp3) is 0.667. The van der Waals surface area contributed by atoms with Crippen LogP contribution in [-0.4, -0.2) is 30.4 Å². The first-order valence-electron chi connectivity index (χ1n) is 7.27. The molecule has 3 rings (SSSR count). The first-order valence-corrected chi connectivity index (χ1v) is 7.27. The Kier molecular flexibility index (Phi) is 3.35. The zero-order chi connectivity index (χ0) is 13.3. The summed E-state index contributed by atoms with van der Waals surface area (Å²) in [5.74, 6) is 1.44. The third-order valence-corrected chi connectivity index (χ3v) is 4.71. The number of hydrogen-bond acceptors (Lipinski definition) is 3. The van der Waals surface area contributed by atoms with E-state index in [4.69, 9.17) is 4.42 Å². The van der Waals surface area contributed by atoms with E-state index in [1.807, 2.05) is 24.0 Å².